The molecule has 1 aromatic carbocycles. The highest BCUT2D eigenvalue weighted by Gasteiger charge is 2.22. The van der Waals surface area contributed by atoms with Crippen molar-refractivity contribution in [3.8, 4) is 0 Å². The minimum atomic E-state index is -1.21. The molecule has 0 aliphatic heterocycles. The lowest BCUT2D eigenvalue weighted by Crippen LogP contribution is -2.43. The summed E-state index contributed by atoms with van der Waals surface area (Å²) in [7, 11) is 0. The van der Waals surface area contributed by atoms with Gasteiger partial charge in [-0.1, -0.05) is 19.9 Å². The molecular weight excluding hydrogens is 270 g/mol. The van der Waals surface area contributed by atoms with Crippen molar-refractivity contribution in [3.63, 3.8) is 0 Å². The van der Waals surface area contributed by atoms with Gasteiger partial charge in [-0.2, -0.15) is 0 Å². The van der Waals surface area contributed by atoms with Crippen molar-refractivity contribution in [1.29, 1.82) is 0 Å². The van der Waals surface area contributed by atoms with E-state index in [1.54, 1.807) is 13.8 Å². The maximum atomic E-state index is 13.3. The van der Waals surface area contributed by atoms with Gasteiger partial charge >= 0.3 is 12.0 Å². The van der Waals surface area contributed by atoms with Gasteiger partial charge in [-0.05, 0) is 24.5 Å². The van der Waals surface area contributed by atoms with Gasteiger partial charge in [0.2, 0.25) is 0 Å². The van der Waals surface area contributed by atoms with E-state index in [9.17, 15) is 18.4 Å². The standard InChI is InChI=1S/C13H16F2N2O3/c1-7(2)6-10(12(18)19)16-13(20)17-11-8(14)4-3-5-9(11)15/h3-5,7,10H,6H2,1-2H3,(H,18,19)(H2,16,17,20). The number of urea groups is 1. The normalized spacial score (nSPS) is 12.1. The topological polar surface area (TPSA) is 78.4 Å². The van der Waals surface area contributed by atoms with Crippen LogP contribution in [0.1, 0.15) is 20.3 Å². The third-order valence-electron chi connectivity index (χ3n) is 2.51. The lowest BCUT2D eigenvalue weighted by Gasteiger charge is -2.17. The van der Waals surface area contributed by atoms with Crippen LogP contribution in [0.4, 0.5) is 19.3 Å². The smallest absolute Gasteiger partial charge is 0.326 e. The molecule has 0 aliphatic carbocycles. The van der Waals surface area contributed by atoms with Crippen molar-refractivity contribution >= 4 is 17.7 Å². The fraction of sp³-hybridized carbons (Fsp3) is 0.385. The molecule has 2 amide bonds. The highest BCUT2D eigenvalue weighted by atomic mass is 19.1. The van der Waals surface area contributed by atoms with E-state index in [1.807, 2.05) is 5.32 Å². The molecule has 20 heavy (non-hydrogen) atoms. The fourth-order valence-electron chi connectivity index (χ4n) is 1.62. The average molecular weight is 286 g/mol. The molecule has 0 spiro atoms. The van der Waals surface area contributed by atoms with Crippen LogP contribution in [-0.2, 0) is 4.79 Å². The van der Waals surface area contributed by atoms with Crippen molar-refractivity contribution in [2.45, 2.75) is 26.3 Å². The summed E-state index contributed by atoms with van der Waals surface area (Å²) in [4.78, 5) is 22.6. The van der Waals surface area contributed by atoms with Crippen LogP contribution in [0.25, 0.3) is 0 Å². The number of rotatable bonds is 5. The molecule has 0 radical (unpaired) electrons. The number of carboxylic acids is 1. The Hall–Kier alpha value is -2.18. The Morgan fingerprint density at radius 1 is 1.25 bits per heavy atom. The van der Waals surface area contributed by atoms with Crippen molar-refractivity contribution in [3.05, 3.63) is 29.8 Å². The second-order valence-electron chi connectivity index (χ2n) is 4.72. The number of carbonyl (C=O) groups excluding carboxylic acids is 1. The molecular formula is C13H16F2N2O3. The molecule has 1 aromatic rings. The van der Waals surface area contributed by atoms with Gasteiger partial charge in [-0.15, -0.1) is 0 Å². The summed E-state index contributed by atoms with van der Waals surface area (Å²) in [5, 5.41) is 13.1. The van der Waals surface area contributed by atoms with Gasteiger partial charge in [-0.25, -0.2) is 18.4 Å². The molecule has 0 heterocycles. The van der Waals surface area contributed by atoms with Gasteiger partial charge in [-0.3, -0.25) is 0 Å². The van der Waals surface area contributed by atoms with E-state index in [0.717, 1.165) is 18.2 Å². The summed E-state index contributed by atoms with van der Waals surface area (Å²) in [5.41, 5.74) is -0.612. The summed E-state index contributed by atoms with van der Waals surface area (Å²) in [5.74, 6) is -3.03. The third-order valence-corrected chi connectivity index (χ3v) is 2.51. The maximum Gasteiger partial charge on any atom is 0.326 e. The van der Waals surface area contributed by atoms with Gasteiger partial charge < -0.3 is 15.7 Å². The largest absolute Gasteiger partial charge is 0.480 e. The molecule has 0 saturated carbocycles. The molecule has 0 bridgehead atoms. The molecule has 1 atom stereocenters. The Morgan fingerprint density at radius 3 is 2.25 bits per heavy atom. The molecule has 0 aromatic heterocycles. The molecule has 0 saturated heterocycles. The zero-order chi connectivity index (χ0) is 15.3. The molecule has 1 unspecified atom stereocenters. The Balaban J connectivity index is 2.73. The summed E-state index contributed by atoms with van der Waals surface area (Å²) in [6, 6.07) is 1.04. The van der Waals surface area contributed by atoms with Crippen molar-refractivity contribution in [2.75, 3.05) is 5.32 Å². The van der Waals surface area contributed by atoms with Crippen LogP contribution < -0.4 is 10.6 Å². The Morgan fingerprint density at radius 2 is 1.80 bits per heavy atom. The van der Waals surface area contributed by atoms with Gasteiger partial charge in [0.25, 0.3) is 0 Å². The number of nitrogens with one attached hydrogen (secondary N) is 2. The number of halogens is 2. The van der Waals surface area contributed by atoms with Crippen LogP contribution >= 0.6 is 0 Å². The third kappa shape index (κ3) is 4.49. The van der Waals surface area contributed by atoms with Crippen LogP contribution in [0, 0.1) is 17.6 Å². The van der Waals surface area contributed by atoms with E-state index in [1.165, 1.54) is 0 Å². The van der Waals surface area contributed by atoms with E-state index < -0.39 is 35.4 Å². The number of hydrogen-bond donors (Lipinski definition) is 3. The first-order chi connectivity index (χ1) is 9.31. The number of aliphatic carboxylic acids is 1. The fourth-order valence-corrected chi connectivity index (χ4v) is 1.62. The van der Waals surface area contributed by atoms with Gasteiger partial charge in [0.15, 0.2) is 0 Å². The molecule has 0 aliphatic rings. The Labute approximate surface area is 115 Å². The summed E-state index contributed by atoms with van der Waals surface area (Å²) < 4.78 is 26.6. The van der Waals surface area contributed by atoms with Crippen LogP contribution in [0.5, 0.6) is 0 Å². The summed E-state index contributed by atoms with van der Waals surface area (Å²) in [6.45, 7) is 3.60. The zero-order valence-corrected chi connectivity index (χ0v) is 11.1. The zero-order valence-electron chi connectivity index (χ0n) is 11.1. The highest BCUT2D eigenvalue weighted by molar-refractivity contribution is 5.92. The lowest BCUT2D eigenvalue weighted by atomic mass is 10.0. The second kappa shape index (κ2) is 6.83. The van der Waals surface area contributed by atoms with Gasteiger partial charge in [0.05, 0.1) is 0 Å². The number of anilines is 1. The van der Waals surface area contributed by atoms with E-state index in [0.29, 0.717) is 0 Å². The Bertz CT molecular complexity index is 486. The predicted molar refractivity (Wildman–Crippen MR) is 69.4 cm³/mol. The van der Waals surface area contributed by atoms with E-state index >= 15 is 0 Å². The maximum absolute atomic E-state index is 13.3. The van der Waals surface area contributed by atoms with Crippen molar-refractivity contribution in [2.24, 2.45) is 5.92 Å². The Kier molecular flexibility index (Phi) is 5.42. The number of carbonyl (C=O) groups is 2. The molecule has 1 rings (SSSR count). The first-order valence-corrected chi connectivity index (χ1v) is 6.05. The number of benzene rings is 1. The van der Waals surface area contributed by atoms with E-state index in [2.05, 4.69) is 5.32 Å². The highest BCUT2D eigenvalue weighted by Crippen LogP contribution is 2.17. The first-order valence-electron chi connectivity index (χ1n) is 6.05. The molecule has 0 fully saturated rings. The minimum Gasteiger partial charge on any atom is -0.480 e. The lowest BCUT2D eigenvalue weighted by molar-refractivity contribution is -0.139. The van der Waals surface area contributed by atoms with E-state index in [-0.39, 0.29) is 12.3 Å². The molecule has 3 N–H and O–H groups in total. The summed E-state index contributed by atoms with van der Waals surface area (Å²) in [6.07, 6.45) is 0.211. The second-order valence-corrected chi connectivity index (χ2v) is 4.72. The van der Waals surface area contributed by atoms with Crippen LogP contribution in [0.15, 0.2) is 18.2 Å². The van der Waals surface area contributed by atoms with Gasteiger partial charge in [0, 0.05) is 0 Å². The quantitative estimate of drug-likeness (QED) is 0.778. The van der Waals surface area contributed by atoms with Crippen molar-refractivity contribution < 1.29 is 23.5 Å². The summed E-state index contributed by atoms with van der Waals surface area (Å²) >= 11 is 0. The number of amides is 2. The number of para-hydroxylation sites is 1. The first kappa shape index (κ1) is 15.9. The molecule has 5 nitrogen and oxygen atoms in total. The molecule has 110 valence electrons. The number of carboxylic acid groups (broad SMARTS) is 1. The van der Waals surface area contributed by atoms with Crippen LogP contribution in [-0.4, -0.2) is 23.1 Å². The SMILES string of the molecule is CC(C)CC(NC(=O)Nc1c(F)cccc1F)C(=O)O. The van der Waals surface area contributed by atoms with E-state index in [4.69, 9.17) is 5.11 Å². The van der Waals surface area contributed by atoms with Gasteiger partial charge in [0.1, 0.15) is 23.4 Å². The number of hydrogen-bond acceptors (Lipinski definition) is 2. The minimum absolute atomic E-state index is 0.0431. The van der Waals surface area contributed by atoms with Crippen molar-refractivity contribution in [1.82, 2.24) is 5.32 Å². The van der Waals surface area contributed by atoms with Crippen LogP contribution in [0.2, 0.25) is 0 Å². The van der Waals surface area contributed by atoms with Crippen LogP contribution in [0.3, 0.4) is 0 Å². The average Bonchev–Trinajstić information content (AvgIpc) is 2.32. The molecule has 7 heteroatoms. The monoisotopic (exact) mass is 286 g/mol. The predicted octanol–water partition coefficient (Wildman–Crippen LogP) is 2.59.